The minimum atomic E-state index is -4.57. The van der Waals surface area contributed by atoms with Gasteiger partial charge in [-0.25, -0.2) is 9.29 Å². The minimum Gasteiger partial charge on any atom is -0.383 e. The van der Waals surface area contributed by atoms with Crippen molar-refractivity contribution in [1.82, 2.24) is 19.2 Å². The summed E-state index contributed by atoms with van der Waals surface area (Å²) < 4.78 is 40.6. The fourth-order valence-corrected chi connectivity index (χ4v) is 4.91. The number of thiol groups is 1. The van der Waals surface area contributed by atoms with E-state index < -0.39 is 17.6 Å². The van der Waals surface area contributed by atoms with Crippen molar-refractivity contribution in [3.63, 3.8) is 0 Å². The van der Waals surface area contributed by atoms with Crippen LogP contribution in [0.4, 0.5) is 36.3 Å². The maximum absolute atomic E-state index is 12.8. The quantitative estimate of drug-likeness (QED) is 0.281. The average molecular weight is 530 g/mol. The third-order valence-electron chi connectivity index (χ3n) is 6.14. The zero-order valence-electron chi connectivity index (χ0n) is 20.2. The van der Waals surface area contributed by atoms with E-state index in [1.807, 2.05) is 19.1 Å². The van der Waals surface area contributed by atoms with Gasteiger partial charge < -0.3 is 20.9 Å². The fraction of sp³-hybridized carbons (Fsp3) is 0.565. The van der Waals surface area contributed by atoms with Crippen molar-refractivity contribution in [3.8, 4) is 0 Å². The zero-order valence-corrected chi connectivity index (χ0v) is 21.9. The van der Waals surface area contributed by atoms with Crippen LogP contribution in [-0.2, 0) is 12.6 Å². The molecule has 0 bridgehead atoms. The molecule has 0 radical (unpaired) electrons. The van der Waals surface area contributed by atoms with Gasteiger partial charge in [-0.15, -0.1) is 0 Å². The molecule has 7 nitrogen and oxygen atoms in total. The second-order valence-electron chi connectivity index (χ2n) is 8.67. The molecule has 2 aliphatic rings. The average Bonchev–Trinajstić information content (AvgIpc) is 2.85. The SMILES string of the molecule is CCc1cc(N2CCN(C)CC2)ccc1Nc1ncc(C(F)(F)F)c(N)n1.SSN1CCCCC1. The molecule has 4 rings (SSSR count). The van der Waals surface area contributed by atoms with Gasteiger partial charge in [-0.2, -0.15) is 18.2 Å². The van der Waals surface area contributed by atoms with Gasteiger partial charge in [0, 0.05) is 56.8 Å². The van der Waals surface area contributed by atoms with Crippen molar-refractivity contribution in [3.05, 3.63) is 35.5 Å². The van der Waals surface area contributed by atoms with Crippen LogP contribution in [0.25, 0.3) is 0 Å². The number of aromatic nitrogens is 2. The summed E-state index contributed by atoms with van der Waals surface area (Å²) in [7, 11) is 3.68. The number of hydrogen-bond acceptors (Lipinski definition) is 9. The maximum atomic E-state index is 12.8. The van der Waals surface area contributed by atoms with Gasteiger partial charge in [0.15, 0.2) is 0 Å². The van der Waals surface area contributed by atoms with E-state index in [1.165, 1.54) is 32.4 Å². The monoisotopic (exact) mass is 529 g/mol. The Balaban J connectivity index is 0.000000363. The molecule has 1 aromatic carbocycles. The van der Waals surface area contributed by atoms with Crippen LogP contribution in [-0.4, -0.2) is 65.5 Å². The molecule has 0 amide bonds. The highest BCUT2D eigenvalue weighted by molar-refractivity contribution is 8.67. The molecule has 3 heterocycles. The summed E-state index contributed by atoms with van der Waals surface area (Å²) in [5.74, 6) is -0.547. The topological polar surface area (TPSA) is 73.5 Å². The van der Waals surface area contributed by atoms with Crippen LogP contribution in [0.15, 0.2) is 24.4 Å². The molecule has 194 valence electrons. The molecule has 0 saturated carbocycles. The van der Waals surface area contributed by atoms with E-state index in [0.717, 1.165) is 49.5 Å². The Kier molecular flexibility index (Phi) is 10.2. The Morgan fingerprint density at radius 1 is 1.09 bits per heavy atom. The highest BCUT2D eigenvalue weighted by Crippen LogP contribution is 2.33. The Bertz CT molecular complexity index is 947. The van der Waals surface area contributed by atoms with E-state index >= 15 is 0 Å². The first-order valence-corrected chi connectivity index (χ1v) is 13.6. The largest absolute Gasteiger partial charge is 0.421 e. The highest BCUT2D eigenvalue weighted by atomic mass is 33.1. The van der Waals surface area contributed by atoms with Crippen molar-refractivity contribution in [2.45, 2.75) is 38.8 Å². The van der Waals surface area contributed by atoms with E-state index in [9.17, 15) is 13.2 Å². The molecule has 12 heteroatoms. The number of nitrogens with zero attached hydrogens (tertiary/aromatic N) is 5. The summed E-state index contributed by atoms with van der Waals surface area (Å²) in [6.07, 6.45) is 1.02. The number of nitrogens with one attached hydrogen (secondary N) is 1. The van der Waals surface area contributed by atoms with E-state index in [1.54, 1.807) is 11.0 Å². The first-order chi connectivity index (χ1) is 16.7. The van der Waals surface area contributed by atoms with Gasteiger partial charge in [0.05, 0.1) is 0 Å². The molecule has 1 aromatic heterocycles. The van der Waals surface area contributed by atoms with Crippen LogP contribution in [0.5, 0.6) is 0 Å². The maximum Gasteiger partial charge on any atom is 0.421 e. The molecule has 2 aliphatic heterocycles. The lowest BCUT2D eigenvalue weighted by Gasteiger charge is -2.34. The summed E-state index contributed by atoms with van der Waals surface area (Å²) in [5.41, 5.74) is 7.34. The van der Waals surface area contributed by atoms with E-state index in [0.29, 0.717) is 6.20 Å². The third kappa shape index (κ3) is 8.06. The first kappa shape index (κ1) is 27.7. The number of nitrogens with two attached hydrogens (primary N) is 1. The summed E-state index contributed by atoms with van der Waals surface area (Å²) in [6.45, 7) is 8.44. The van der Waals surface area contributed by atoms with Crippen LogP contribution in [0.3, 0.4) is 0 Å². The van der Waals surface area contributed by atoms with Gasteiger partial charge in [0.2, 0.25) is 5.95 Å². The molecule has 0 aliphatic carbocycles. The summed E-state index contributed by atoms with van der Waals surface area (Å²) in [5, 5.41) is 2.98. The number of anilines is 4. The Labute approximate surface area is 214 Å². The van der Waals surface area contributed by atoms with Crippen molar-refractivity contribution in [2.75, 3.05) is 62.3 Å². The lowest BCUT2D eigenvalue weighted by Crippen LogP contribution is -2.44. The lowest BCUT2D eigenvalue weighted by molar-refractivity contribution is -0.137. The number of benzene rings is 1. The second-order valence-corrected chi connectivity index (χ2v) is 9.84. The normalized spacial score (nSPS) is 17.6. The van der Waals surface area contributed by atoms with Crippen molar-refractivity contribution in [2.24, 2.45) is 0 Å². The predicted molar refractivity (Wildman–Crippen MR) is 142 cm³/mol. The molecule has 2 aromatic rings. The lowest BCUT2D eigenvalue weighted by atomic mass is 10.1. The summed E-state index contributed by atoms with van der Waals surface area (Å²) in [4.78, 5) is 12.1. The van der Waals surface area contributed by atoms with Gasteiger partial charge in [0.25, 0.3) is 0 Å². The van der Waals surface area contributed by atoms with Crippen LogP contribution in [0.2, 0.25) is 0 Å². The smallest absolute Gasteiger partial charge is 0.383 e. The highest BCUT2D eigenvalue weighted by Gasteiger charge is 2.34. The van der Waals surface area contributed by atoms with Crippen LogP contribution >= 0.6 is 22.6 Å². The van der Waals surface area contributed by atoms with Crippen molar-refractivity contribution < 1.29 is 13.2 Å². The fourth-order valence-electron chi connectivity index (χ4n) is 4.00. The molecule has 0 spiro atoms. The van der Waals surface area contributed by atoms with Crippen LogP contribution in [0, 0.1) is 0 Å². The van der Waals surface area contributed by atoms with Crippen LogP contribution < -0.4 is 16.0 Å². The molecular weight excluding hydrogens is 495 g/mol. The number of nitrogen functional groups attached to an aromatic ring is 1. The molecule has 0 atom stereocenters. The molecule has 2 fully saturated rings. The number of piperazine rings is 1. The molecule has 3 N–H and O–H groups in total. The van der Waals surface area contributed by atoms with E-state index in [-0.39, 0.29) is 5.95 Å². The predicted octanol–water partition coefficient (Wildman–Crippen LogP) is 5.10. The second kappa shape index (κ2) is 12.9. The van der Waals surface area contributed by atoms with Gasteiger partial charge in [0.1, 0.15) is 11.4 Å². The van der Waals surface area contributed by atoms with Crippen LogP contribution in [0.1, 0.15) is 37.3 Å². The number of rotatable bonds is 5. The standard InChI is InChI=1S/C18H23F3N6.C5H11NS2/c1-3-12-10-13(27-8-6-26(2)7-9-27)4-5-15(12)24-17-23-11-14(16(22)25-17)18(19,20)21;7-8-6-4-2-1-3-5-6/h4-5,10-11H,3,6-9H2,1-2H3,(H3,22,23,24,25);7H,1-5H2. The zero-order chi connectivity index (χ0) is 25.4. The van der Waals surface area contributed by atoms with E-state index in [4.69, 9.17) is 5.73 Å². The van der Waals surface area contributed by atoms with E-state index in [2.05, 4.69) is 54.2 Å². The first-order valence-electron chi connectivity index (χ1n) is 11.8. The molecular formula is C23H34F3N7S2. The number of alkyl halides is 3. The number of aryl methyl sites for hydroxylation is 1. The number of piperidine rings is 1. The number of likely N-dealkylation sites (N-methyl/N-ethyl adjacent to an activating group) is 1. The van der Waals surface area contributed by atoms with Gasteiger partial charge in [-0.05, 0) is 61.1 Å². The van der Waals surface area contributed by atoms with Gasteiger partial charge in [-0.1, -0.05) is 25.0 Å². The van der Waals surface area contributed by atoms with Crippen molar-refractivity contribution in [1.29, 1.82) is 0 Å². The summed E-state index contributed by atoms with van der Waals surface area (Å²) in [6, 6.07) is 6.01. The Hall–Kier alpha value is -1.89. The minimum absolute atomic E-state index is 0.0440. The van der Waals surface area contributed by atoms with Gasteiger partial charge >= 0.3 is 6.18 Å². The summed E-state index contributed by atoms with van der Waals surface area (Å²) >= 11 is 4.11. The molecule has 2 saturated heterocycles. The molecule has 0 unspecified atom stereocenters. The molecule has 35 heavy (non-hydrogen) atoms. The Morgan fingerprint density at radius 3 is 2.31 bits per heavy atom. The van der Waals surface area contributed by atoms with Crippen molar-refractivity contribution >= 4 is 45.8 Å². The van der Waals surface area contributed by atoms with Gasteiger partial charge in [-0.3, -0.25) is 0 Å². The number of hydrogen-bond donors (Lipinski definition) is 3. The third-order valence-corrected chi connectivity index (χ3v) is 7.43. The Morgan fingerprint density at radius 2 is 1.77 bits per heavy atom. The number of halogens is 3.